The number of phenolic OH excluding ortho intramolecular Hbond substituents is 1. The maximum absolute atomic E-state index is 9.68. The van der Waals surface area contributed by atoms with Crippen LogP contribution in [0.5, 0.6) is 5.75 Å². The van der Waals surface area contributed by atoms with E-state index < -0.39 is 0 Å². The molecule has 1 atom stereocenters. The molecule has 16 heavy (non-hydrogen) atoms. The predicted molar refractivity (Wildman–Crippen MR) is 64.1 cm³/mol. The molecule has 0 saturated heterocycles. The van der Waals surface area contributed by atoms with Gasteiger partial charge in [-0.2, -0.15) is 0 Å². The Morgan fingerprint density at radius 1 is 1.38 bits per heavy atom. The van der Waals surface area contributed by atoms with E-state index in [9.17, 15) is 5.11 Å². The molecule has 4 N–H and O–H groups in total. The number of aromatic hydroxyl groups is 1. The lowest BCUT2D eigenvalue weighted by atomic mass is 10.0. The zero-order valence-corrected chi connectivity index (χ0v) is 9.85. The summed E-state index contributed by atoms with van der Waals surface area (Å²) >= 11 is 0. The SMILES string of the molecule is CN(C)Cc1cc(C(N)CCO)ccc1O. The van der Waals surface area contributed by atoms with Crippen molar-refractivity contribution in [1.82, 2.24) is 4.90 Å². The number of hydrogen-bond donors (Lipinski definition) is 3. The van der Waals surface area contributed by atoms with Gasteiger partial charge in [0.15, 0.2) is 0 Å². The highest BCUT2D eigenvalue weighted by atomic mass is 16.3. The van der Waals surface area contributed by atoms with Gasteiger partial charge in [-0.25, -0.2) is 0 Å². The van der Waals surface area contributed by atoms with Crippen LogP contribution < -0.4 is 5.73 Å². The molecule has 0 saturated carbocycles. The Labute approximate surface area is 96.3 Å². The van der Waals surface area contributed by atoms with Gasteiger partial charge in [-0.05, 0) is 38.2 Å². The van der Waals surface area contributed by atoms with Gasteiger partial charge in [-0.15, -0.1) is 0 Å². The van der Waals surface area contributed by atoms with Gasteiger partial charge in [0.05, 0.1) is 0 Å². The normalized spacial score (nSPS) is 13.1. The molecule has 0 aromatic heterocycles. The largest absolute Gasteiger partial charge is 0.508 e. The molecule has 90 valence electrons. The number of aliphatic hydroxyl groups excluding tert-OH is 1. The molecule has 4 nitrogen and oxygen atoms in total. The maximum atomic E-state index is 9.68. The van der Waals surface area contributed by atoms with Gasteiger partial charge in [0, 0.05) is 24.8 Å². The Kier molecular flexibility index (Phi) is 4.73. The molecule has 0 amide bonds. The molecule has 1 aromatic carbocycles. The Balaban J connectivity index is 2.88. The number of nitrogens with zero attached hydrogens (tertiary/aromatic N) is 1. The quantitative estimate of drug-likeness (QED) is 0.693. The second-order valence-corrected chi connectivity index (χ2v) is 4.24. The first-order valence-electron chi connectivity index (χ1n) is 5.37. The van der Waals surface area contributed by atoms with Gasteiger partial charge in [-0.1, -0.05) is 6.07 Å². The molecule has 4 heteroatoms. The maximum Gasteiger partial charge on any atom is 0.120 e. The number of rotatable bonds is 5. The summed E-state index contributed by atoms with van der Waals surface area (Å²) in [5, 5.41) is 18.5. The van der Waals surface area contributed by atoms with Gasteiger partial charge in [-0.3, -0.25) is 0 Å². The molecule has 0 heterocycles. The van der Waals surface area contributed by atoms with Crippen LogP contribution in [0.3, 0.4) is 0 Å². The average molecular weight is 224 g/mol. The van der Waals surface area contributed by atoms with Crippen LogP contribution in [0.4, 0.5) is 0 Å². The zero-order valence-electron chi connectivity index (χ0n) is 9.85. The smallest absolute Gasteiger partial charge is 0.120 e. The molecule has 1 unspecified atom stereocenters. The van der Waals surface area contributed by atoms with E-state index in [2.05, 4.69) is 0 Å². The van der Waals surface area contributed by atoms with Crippen molar-refractivity contribution in [2.45, 2.75) is 19.0 Å². The van der Waals surface area contributed by atoms with Crippen LogP contribution in [0, 0.1) is 0 Å². The Hall–Kier alpha value is -1.10. The fourth-order valence-corrected chi connectivity index (χ4v) is 1.61. The van der Waals surface area contributed by atoms with Crippen molar-refractivity contribution < 1.29 is 10.2 Å². The van der Waals surface area contributed by atoms with Crippen LogP contribution in [0.15, 0.2) is 18.2 Å². The Morgan fingerprint density at radius 3 is 2.62 bits per heavy atom. The first kappa shape index (κ1) is 13.0. The lowest BCUT2D eigenvalue weighted by Gasteiger charge is -2.15. The first-order chi connectivity index (χ1) is 7.54. The summed E-state index contributed by atoms with van der Waals surface area (Å²) in [6, 6.07) is 5.18. The Morgan fingerprint density at radius 2 is 2.06 bits per heavy atom. The molecule has 0 radical (unpaired) electrons. The minimum Gasteiger partial charge on any atom is -0.508 e. The summed E-state index contributed by atoms with van der Waals surface area (Å²) in [7, 11) is 3.89. The van der Waals surface area contributed by atoms with E-state index in [-0.39, 0.29) is 18.4 Å². The van der Waals surface area contributed by atoms with Crippen LogP contribution in [-0.4, -0.2) is 35.8 Å². The molecular weight excluding hydrogens is 204 g/mol. The van der Waals surface area contributed by atoms with Crippen molar-refractivity contribution in [2.24, 2.45) is 5.73 Å². The molecule has 0 aliphatic heterocycles. The predicted octanol–water partition coefficient (Wildman–Crippen LogP) is 0.836. The lowest BCUT2D eigenvalue weighted by molar-refractivity contribution is 0.276. The van der Waals surface area contributed by atoms with Crippen molar-refractivity contribution in [2.75, 3.05) is 20.7 Å². The third kappa shape index (κ3) is 3.48. The minimum absolute atomic E-state index is 0.0745. The highest BCUT2D eigenvalue weighted by Crippen LogP contribution is 2.23. The minimum atomic E-state index is -0.175. The van der Waals surface area contributed by atoms with Crippen LogP contribution in [-0.2, 0) is 6.54 Å². The van der Waals surface area contributed by atoms with Crippen LogP contribution >= 0.6 is 0 Å². The zero-order chi connectivity index (χ0) is 12.1. The van der Waals surface area contributed by atoms with Gasteiger partial charge in [0.25, 0.3) is 0 Å². The van der Waals surface area contributed by atoms with E-state index in [1.807, 2.05) is 25.1 Å². The van der Waals surface area contributed by atoms with E-state index in [1.54, 1.807) is 12.1 Å². The van der Waals surface area contributed by atoms with E-state index >= 15 is 0 Å². The number of nitrogens with two attached hydrogens (primary N) is 1. The van der Waals surface area contributed by atoms with Crippen LogP contribution in [0.1, 0.15) is 23.6 Å². The first-order valence-corrected chi connectivity index (χ1v) is 5.37. The summed E-state index contributed by atoms with van der Waals surface area (Å²) in [4.78, 5) is 1.98. The van der Waals surface area contributed by atoms with Crippen molar-refractivity contribution in [3.8, 4) is 5.75 Å². The van der Waals surface area contributed by atoms with Gasteiger partial charge >= 0.3 is 0 Å². The van der Waals surface area contributed by atoms with Crippen molar-refractivity contribution in [3.05, 3.63) is 29.3 Å². The van der Waals surface area contributed by atoms with Crippen molar-refractivity contribution in [3.63, 3.8) is 0 Å². The van der Waals surface area contributed by atoms with Crippen molar-refractivity contribution >= 4 is 0 Å². The fraction of sp³-hybridized carbons (Fsp3) is 0.500. The van der Waals surface area contributed by atoms with E-state index in [4.69, 9.17) is 10.8 Å². The molecule has 1 aromatic rings. The molecule has 0 fully saturated rings. The standard InChI is InChI=1S/C12H20N2O2/c1-14(2)8-10-7-9(3-4-12(10)16)11(13)5-6-15/h3-4,7,11,15-16H,5-6,8,13H2,1-2H3. The second-order valence-electron chi connectivity index (χ2n) is 4.24. The van der Waals surface area contributed by atoms with Gasteiger partial charge in [0.2, 0.25) is 0 Å². The second kappa shape index (κ2) is 5.84. The molecule has 0 bridgehead atoms. The number of aliphatic hydroxyl groups is 1. The summed E-state index contributed by atoms with van der Waals surface area (Å²) < 4.78 is 0. The molecule has 0 spiro atoms. The lowest BCUT2D eigenvalue weighted by Crippen LogP contribution is -2.14. The van der Waals surface area contributed by atoms with Crippen molar-refractivity contribution in [1.29, 1.82) is 0 Å². The van der Waals surface area contributed by atoms with Gasteiger partial charge in [0.1, 0.15) is 5.75 Å². The van der Waals surface area contributed by atoms with E-state index in [0.717, 1.165) is 11.1 Å². The monoisotopic (exact) mass is 224 g/mol. The van der Waals surface area contributed by atoms with E-state index in [1.165, 1.54) is 0 Å². The topological polar surface area (TPSA) is 69.7 Å². The highest BCUT2D eigenvalue weighted by molar-refractivity contribution is 5.37. The van der Waals surface area contributed by atoms with E-state index in [0.29, 0.717) is 13.0 Å². The summed E-state index contributed by atoms with van der Waals surface area (Å²) in [6.45, 7) is 0.747. The van der Waals surface area contributed by atoms with Gasteiger partial charge < -0.3 is 20.8 Å². The molecule has 0 aliphatic carbocycles. The third-order valence-corrected chi connectivity index (χ3v) is 2.46. The number of benzene rings is 1. The van der Waals surface area contributed by atoms with Crippen LogP contribution in [0.25, 0.3) is 0 Å². The molecule has 0 aliphatic rings. The average Bonchev–Trinajstić information content (AvgIpc) is 2.21. The number of phenols is 1. The fourth-order valence-electron chi connectivity index (χ4n) is 1.61. The highest BCUT2D eigenvalue weighted by Gasteiger charge is 2.09. The molecular formula is C12H20N2O2. The van der Waals surface area contributed by atoms with Crippen LogP contribution in [0.2, 0.25) is 0 Å². The summed E-state index contributed by atoms with van der Waals surface area (Å²) in [5.41, 5.74) is 7.71. The summed E-state index contributed by atoms with van der Waals surface area (Å²) in [5.74, 6) is 0.286. The summed E-state index contributed by atoms with van der Waals surface area (Å²) in [6.07, 6.45) is 0.534. The third-order valence-electron chi connectivity index (χ3n) is 2.46. The number of hydrogen-bond acceptors (Lipinski definition) is 4. The Bertz CT molecular complexity index is 340. The molecule has 1 rings (SSSR count).